The molecule has 1 aromatic carbocycles. The number of hydrogen-bond donors (Lipinski definition) is 1. The lowest BCUT2D eigenvalue weighted by Crippen LogP contribution is -2.36. The van der Waals surface area contributed by atoms with Crippen molar-refractivity contribution < 1.29 is 19.0 Å². The molecule has 0 amide bonds. The number of thiazole rings is 1. The monoisotopic (exact) mass is 403 g/mol. The molecular weight excluding hydrogens is 385 g/mol. The fourth-order valence-corrected chi connectivity index (χ4v) is 4.19. The van der Waals surface area contributed by atoms with Gasteiger partial charge in [0, 0.05) is 42.2 Å². The quantitative estimate of drug-likeness (QED) is 0.721. The number of carboxylic acid groups (broad SMARTS) is 1. The number of rotatable bonds is 4. The highest BCUT2D eigenvalue weighted by Crippen LogP contribution is 2.31. The number of aromatic carboxylic acids is 1. The third kappa shape index (κ3) is 3.16. The summed E-state index contributed by atoms with van der Waals surface area (Å²) in [6, 6.07) is 2.68. The van der Waals surface area contributed by atoms with Crippen LogP contribution in [0.5, 0.6) is 0 Å². The van der Waals surface area contributed by atoms with Gasteiger partial charge in [-0.3, -0.25) is 4.79 Å². The van der Waals surface area contributed by atoms with Gasteiger partial charge in [0.05, 0.1) is 24.4 Å². The maximum Gasteiger partial charge on any atom is 0.341 e. The van der Waals surface area contributed by atoms with Crippen molar-refractivity contribution in [3.63, 3.8) is 0 Å². The van der Waals surface area contributed by atoms with Crippen molar-refractivity contribution in [3.8, 4) is 11.3 Å². The van der Waals surface area contributed by atoms with Crippen LogP contribution in [0.3, 0.4) is 0 Å². The van der Waals surface area contributed by atoms with Gasteiger partial charge in [0.25, 0.3) is 0 Å². The Morgan fingerprint density at radius 1 is 1.36 bits per heavy atom. The Balaban J connectivity index is 1.84. The Morgan fingerprint density at radius 3 is 2.79 bits per heavy atom. The van der Waals surface area contributed by atoms with E-state index < -0.39 is 17.2 Å². The van der Waals surface area contributed by atoms with Gasteiger partial charge >= 0.3 is 5.97 Å². The average Bonchev–Trinajstić information content (AvgIpc) is 3.18. The van der Waals surface area contributed by atoms with E-state index in [4.69, 9.17) is 4.74 Å². The molecule has 1 N–H and O–H groups in total. The molecule has 2 aromatic heterocycles. The van der Waals surface area contributed by atoms with Crippen LogP contribution >= 0.6 is 11.3 Å². The predicted molar refractivity (Wildman–Crippen MR) is 105 cm³/mol. The van der Waals surface area contributed by atoms with E-state index in [2.05, 4.69) is 9.88 Å². The Morgan fingerprint density at radius 2 is 2.11 bits per heavy atom. The van der Waals surface area contributed by atoms with E-state index in [-0.39, 0.29) is 16.5 Å². The molecule has 0 radical (unpaired) electrons. The summed E-state index contributed by atoms with van der Waals surface area (Å²) < 4.78 is 21.8. The minimum Gasteiger partial charge on any atom is -0.477 e. The zero-order chi connectivity index (χ0) is 19.8. The number of pyridine rings is 1. The summed E-state index contributed by atoms with van der Waals surface area (Å²) in [6.45, 7) is 5.01. The number of carbonyl (C=O) groups is 1. The third-order valence-corrected chi connectivity index (χ3v) is 5.69. The highest BCUT2D eigenvalue weighted by atomic mass is 32.1. The van der Waals surface area contributed by atoms with Crippen molar-refractivity contribution in [3.05, 3.63) is 45.3 Å². The predicted octanol–water partition coefficient (Wildman–Crippen LogP) is 2.82. The van der Waals surface area contributed by atoms with Crippen molar-refractivity contribution >= 4 is 33.3 Å². The molecule has 1 aliphatic rings. The van der Waals surface area contributed by atoms with E-state index in [0.717, 1.165) is 24.3 Å². The first kappa shape index (κ1) is 18.6. The highest BCUT2D eigenvalue weighted by molar-refractivity contribution is 7.14. The molecule has 0 saturated carbocycles. The summed E-state index contributed by atoms with van der Waals surface area (Å²) >= 11 is 1.43. The second-order valence-corrected chi connectivity index (χ2v) is 7.26. The summed E-state index contributed by atoms with van der Waals surface area (Å²) in [5.41, 5.74) is 0.195. The van der Waals surface area contributed by atoms with Crippen LogP contribution < -0.4 is 10.3 Å². The molecule has 4 rings (SSSR count). The molecule has 1 aliphatic heterocycles. The lowest BCUT2D eigenvalue weighted by molar-refractivity contribution is 0.0695. The number of ether oxygens (including phenoxy) is 1. The van der Waals surface area contributed by atoms with Crippen LogP contribution in [0.15, 0.2) is 28.5 Å². The number of aryl methyl sites for hydroxylation is 1. The first-order valence-electron chi connectivity index (χ1n) is 8.88. The summed E-state index contributed by atoms with van der Waals surface area (Å²) in [4.78, 5) is 30.4. The van der Waals surface area contributed by atoms with Crippen LogP contribution in [0.2, 0.25) is 0 Å². The molecule has 3 aromatic rings. The van der Waals surface area contributed by atoms with Crippen LogP contribution in [0.1, 0.15) is 17.3 Å². The fourth-order valence-electron chi connectivity index (χ4n) is 3.31. The second kappa shape index (κ2) is 7.33. The van der Waals surface area contributed by atoms with E-state index in [1.54, 1.807) is 16.0 Å². The molecule has 0 spiro atoms. The fraction of sp³-hybridized carbons (Fsp3) is 0.316. The van der Waals surface area contributed by atoms with Gasteiger partial charge in [-0.05, 0) is 19.1 Å². The Kier molecular flexibility index (Phi) is 4.86. The van der Waals surface area contributed by atoms with Crippen LogP contribution in [0.25, 0.3) is 22.2 Å². The van der Waals surface area contributed by atoms with E-state index in [1.807, 2.05) is 6.92 Å². The number of halogens is 1. The summed E-state index contributed by atoms with van der Waals surface area (Å²) in [5, 5.41) is 11.9. The lowest BCUT2D eigenvalue weighted by atomic mass is 10.1. The summed E-state index contributed by atoms with van der Waals surface area (Å²) in [6.07, 6.45) is 1.30. The first-order valence-corrected chi connectivity index (χ1v) is 9.76. The number of morpholine rings is 1. The van der Waals surface area contributed by atoms with Gasteiger partial charge in [0.15, 0.2) is 5.13 Å². The van der Waals surface area contributed by atoms with Gasteiger partial charge in [0.2, 0.25) is 5.43 Å². The minimum atomic E-state index is -1.33. The number of nitrogens with zero attached hydrogens (tertiary/aromatic N) is 3. The first-order chi connectivity index (χ1) is 13.5. The topological polar surface area (TPSA) is 84.7 Å². The molecule has 9 heteroatoms. The van der Waals surface area contributed by atoms with Crippen molar-refractivity contribution in [2.24, 2.45) is 0 Å². The number of aromatic nitrogens is 2. The standard InChI is InChI=1S/C19H18FN3O4S/c1-2-22-9-13(18(25)26)17(24)12-7-14(20)11(8-16(12)22)15-10-28-19(21-15)23-3-5-27-6-4-23/h7-10H,2-6H2,1H3,(H,25,26). The molecule has 1 saturated heterocycles. The van der Waals surface area contributed by atoms with Gasteiger partial charge in [-0.25, -0.2) is 14.2 Å². The van der Waals surface area contributed by atoms with Gasteiger partial charge in [-0.15, -0.1) is 11.3 Å². The molecule has 1 fully saturated rings. The van der Waals surface area contributed by atoms with E-state index in [1.165, 1.54) is 17.5 Å². The molecule has 3 heterocycles. The zero-order valence-electron chi connectivity index (χ0n) is 15.1. The Hall–Kier alpha value is -2.78. The van der Waals surface area contributed by atoms with E-state index in [9.17, 15) is 19.1 Å². The minimum absolute atomic E-state index is 0.0478. The van der Waals surface area contributed by atoms with Crippen molar-refractivity contribution in [1.82, 2.24) is 9.55 Å². The zero-order valence-corrected chi connectivity index (χ0v) is 16.0. The number of anilines is 1. The van der Waals surface area contributed by atoms with E-state index in [0.29, 0.717) is 31.0 Å². The molecule has 0 bridgehead atoms. The summed E-state index contributed by atoms with van der Waals surface area (Å²) in [7, 11) is 0. The molecule has 28 heavy (non-hydrogen) atoms. The Labute approximate surface area is 163 Å². The maximum absolute atomic E-state index is 14.8. The third-order valence-electron chi connectivity index (χ3n) is 4.79. The molecule has 0 unspecified atom stereocenters. The number of hydrogen-bond acceptors (Lipinski definition) is 6. The van der Waals surface area contributed by atoms with Gasteiger partial charge < -0.3 is 19.3 Å². The van der Waals surface area contributed by atoms with Crippen LogP contribution in [-0.4, -0.2) is 46.9 Å². The summed E-state index contributed by atoms with van der Waals surface area (Å²) in [5.74, 6) is -1.93. The van der Waals surface area contributed by atoms with Crippen molar-refractivity contribution in [2.45, 2.75) is 13.5 Å². The molecule has 146 valence electrons. The van der Waals surface area contributed by atoms with Crippen LogP contribution in [0.4, 0.5) is 9.52 Å². The number of benzene rings is 1. The van der Waals surface area contributed by atoms with Gasteiger partial charge in [-0.2, -0.15) is 0 Å². The molecule has 0 atom stereocenters. The maximum atomic E-state index is 14.8. The smallest absolute Gasteiger partial charge is 0.341 e. The SMILES string of the molecule is CCn1cc(C(=O)O)c(=O)c2cc(F)c(-c3csc(N4CCOCC4)n3)cc21. The Bertz CT molecular complexity index is 1120. The molecule has 0 aliphatic carbocycles. The van der Waals surface area contributed by atoms with Gasteiger partial charge in [0.1, 0.15) is 11.4 Å². The second-order valence-electron chi connectivity index (χ2n) is 6.43. The highest BCUT2D eigenvalue weighted by Gasteiger charge is 2.20. The van der Waals surface area contributed by atoms with Crippen molar-refractivity contribution in [2.75, 3.05) is 31.2 Å². The lowest BCUT2D eigenvalue weighted by Gasteiger charge is -2.26. The average molecular weight is 403 g/mol. The van der Waals surface area contributed by atoms with Crippen LogP contribution in [-0.2, 0) is 11.3 Å². The number of carboxylic acids is 1. The number of fused-ring (bicyclic) bond motifs is 1. The van der Waals surface area contributed by atoms with Crippen LogP contribution in [0, 0.1) is 5.82 Å². The van der Waals surface area contributed by atoms with E-state index >= 15 is 0 Å². The normalized spacial score (nSPS) is 14.6. The van der Waals surface area contributed by atoms with Crippen molar-refractivity contribution in [1.29, 1.82) is 0 Å². The van der Waals surface area contributed by atoms with Gasteiger partial charge in [-0.1, -0.05) is 0 Å². The largest absolute Gasteiger partial charge is 0.477 e. The molecule has 7 nitrogen and oxygen atoms in total. The molecular formula is C19H18FN3O4S.